The van der Waals surface area contributed by atoms with E-state index in [9.17, 15) is 0 Å². The molecule has 0 atom stereocenters. The highest BCUT2D eigenvalue weighted by Crippen LogP contribution is 2.14. The molecule has 2 rings (SSSR count). The van der Waals surface area contributed by atoms with E-state index in [0.29, 0.717) is 0 Å². The summed E-state index contributed by atoms with van der Waals surface area (Å²) in [6.45, 7) is 5.15. The number of thiophene rings is 1. The number of nitrogens with one attached hydrogen (secondary N) is 1. The Morgan fingerprint density at radius 1 is 1.11 bits per heavy atom. The van der Waals surface area contributed by atoms with Crippen LogP contribution in [0.25, 0.3) is 0 Å². The molecule has 1 N–H and O–H groups in total. The third-order valence-electron chi connectivity index (χ3n) is 2.92. The number of aryl methyl sites for hydroxylation is 1. The number of hydrogen-bond donors (Lipinski definition) is 1. The van der Waals surface area contributed by atoms with Gasteiger partial charge in [-0.25, -0.2) is 0 Å². The second-order valence-corrected chi connectivity index (χ2v) is 5.82. The Kier molecular flexibility index (Phi) is 4.79. The van der Waals surface area contributed by atoms with Crippen LogP contribution in [-0.4, -0.2) is 20.1 Å². The Morgan fingerprint density at radius 3 is 2.56 bits per heavy atom. The lowest BCUT2D eigenvalue weighted by atomic mass is 10.3. The van der Waals surface area contributed by atoms with Crippen molar-refractivity contribution in [1.82, 2.24) is 5.32 Å². The van der Waals surface area contributed by atoms with E-state index >= 15 is 0 Å². The van der Waals surface area contributed by atoms with Crippen LogP contribution < -0.4 is 10.2 Å². The minimum absolute atomic E-state index is 0.973. The topological polar surface area (TPSA) is 15.3 Å². The first-order valence-electron chi connectivity index (χ1n) is 6.28. The highest BCUT2D eigenvalue weighted by molar-refractivity contribution is 7.11. The van der Waals surface area contributed by atoms with E-state index < -0.39 is 0 Å². The van der Waals surface area contributed by atoms with E-state index in [1.54, 1.807) is 0 Å². The fraction of sp³-hybridized carbons (Fsp3) is 0.333. The van der Waals surface area contributed by atoms with Crippen molar-refractivity contribution in [3.63, 3.8) is 0 Å². The molecule has 0 aliphatic carbocycles. The number of likely N-dealkylation sites (N-methyl/N-ethyl adjacent to an activating group) is 1. The molecule has 0 fully saturated rings. The van der Waals surface area contributed by atoms with Crippen LogP contribution in [0.1, 0.15) is 9.75 Å². The fourth-order valence-electron chi connectivity index (χ4n) is 1.85. The lowest BCUT2D eigenvalue weighted by Gasteiger charge is -2.19. The molecule has 0 bridgehead atoms. The van der Waals surface area contributed by atoms with E-state index in [2.05, 4.69) is 66.7 Å². The Morgan fingerprint density at radius 2 is 1.89 bits per heavy atom. The van der Waals surface area contributed by atoms with Crippen molar-refractivity contribution in [3.8, 4) is 0 Å². The molecule has 3 heteroatoms. The average Bonchev–Trinajstić information content (AvgIpc) is 2.81. The summed E-state index contributed by atoms with van der Waals surface area (Å²) in [5.74, 6) is 0. The lowest BCUT2D eigenvalue weighted by Crippen LogP contribution is -2.28. The van der Waals surface area contributed by atoms with E-state index in [1.165, 1.54) is 15.4 Å². The van der Waals surface area contributed by atoms with Gasteiger partial charge in [0.2, 0.25) is 0 Å². The Bertz CT molecular complexity index is 464. The smallest absolute Gasteiger partial charge is 0.0364 e. The molecule has 1 aromatic heterocycles. The molecule has 0 saturated carbocycles. The summed E-state index contributed by atoms with van der Waals surface area (Å²) in [5.41, 5.74) is 1.27. The second-order valence-electron chi connectivity index (χ2n) is 4.45. The number of anilines is 1. The SMILES string of the molecule is Cc1ccc(CNCCN(C)c2ccccc2)s1. The molecule has 0 saturated heterocycles. The van der Waals surface area contributed by atoms with Crippen LogP contribution >= 0.6 is 11.3 Å². The molecule has 0 aliphatic heterocycles. The van der Waals surface area contributed by atoms with Gasteiger partial charge in [0.15, 0.2) is 0 Å². The molecule has 2 nitrogen and oxygen atoms in total. The summed E-state index contributed by atoms with van der Waals surface area (Å²) in [6.07, 6.45) is 0. The van der Waals surface area contributed by atoms with Gasteiger partial charge in [0.05, 0.1) is 0 Å². The summed E-state index contributed by atoms with van der Waals surface area (Å²) in [7, 11) is 2.13. The molecule has 0 amide bonds. The van der Waals surface area contributed by atoms with E-state index in [-0.39, 0.29) is 0 Å². The van der Waals surface area contributed by atoms with Gasteiger partial charge in [0, 0.05) is 42.1 Å². The summed E-state index contributed by atoms with van der Waals surface area (Å²) >= 11 is 1.87. The summed E-state index contributed by atoms with van der Waals surface area (Å²) in [5, 5.41) is 3.48. The Balaban J connectivity index is 1.69. The fourth-order valence-corrected chi connectivity index (χ4v) is 2.71. The van der Waals surface area contributed by atoms with Gasteiger partial charge in [-0.1, -0.05) is 18.2 Å². The van der Waals surface area contributed by atoms with Crippen molar-refractivity contribution in [2.45, 2.75) is 13.5 Å². The maximum absolute atomic E-state index is 3.48. The number of para-hydroxylation sites is 1. The minimum atomic E-state index is 0.973. The van der Waals surface area contributed by atoms with Crippen molar-refractivity contribution in [2.24, 2.45) is 0 Å². The average molecular weight is 260 g/mol. The largest absolute Gasteiger partial charge is 0.373 e. The van der Waals surface area contributed by atoms with Crippen LogP contribution in [0.2, 0.25) is 0 Å². The van der Waals surface area contributed by atoms with E-state index in [0.717, 1.165) is 19.6 Å². The lowest BCUT2D eigenvalue weighted by molar-refractivity contribution is 0.685. The van der Waals surface area contributed by atoms with Crippen molar-refractivity contribution >= 4 is 17.0 Å². The third-order valence-corrected chi connectivity index (χ3v) is 3.92. The summed E-state index contributed by atoms with van der Waals surface area (Å²) in [4.78, 5) is 5.07. The van der Waals surface area contributed by atoms with Gasteiger partial charge in [-0.2, -0.15) is 0 Å². The predicted molar refractivity (Wildman–Crippen MR) is 80.5 cm³/mol. The van der Waals surface area contributed by atoms with Gasteiger partial charge in [-0.15, -0.1) is 11.3 Å². The zero-order valence-corrected chi connectivity index (χ0v) is 11.8. The summed E-state index contributed by atoms with van der Waals surface area (Å²) < 4.78 is 0. The maximum atomic E-state index is 3.48. The molecule has 1 heterocycles. The van der Waals surface area contributed by atoms with Gasteiger partial charge in [0.1, 0.15) is 0 Å². The van der Waals surface area contributed by atoms with Gasteiger partial charge in [0.25, 0.3) is 0 Å². The van der Waals surface area contributed by atoms with Crippen LogP contribution in [0.15, 0.2) is 42.5 Å². The molecule has 0 unspecified atom stereocenters. The first-order chi connectivity index (χ1) is 8.75. The normalized spacial score (nSPS) is 10.6. The molecule has 1 aromatic carbocycles. The molecule has 0 aliphatic rings. The molecular formula is C15H20N2S. The van der Waals surface area contributed by atoms with Gasteiger partial charge >= 0.3 is 0 Å². The van der Waals surface area contributed by atoms with Gasteiger partial charge < -0.3 is 10.2 Å². The van der Waals surface area contributed by atoms with E-state index in [4.69, 9.17) is 0 Å². The predicted octanol–water partition coefficient (Wildman–Crippen LogP) is 3.28. The van der Waals surface area contributed by atoms with E-state index in [1.807, 2.05) is 11.3 Å². The molecular weight excluding hydrogens is 240 g/mol. The third kappa shape index (κ3) is 3.86. The number of nitrogens with zero attached hydrogens (tertiary/aromatic N) is 1. The molecule has 18 heavy (non-hydrogen) atoms. The van der Waals surface area contributed by atoms with Crippen molar-refractivity contribution in [1.29, 1.82) is 0 Å². The first kappa shape index (κ1) is 13.1. The van der Waals surface area contributed by atoms with Gasteiger partial charge in [-0.05, 0) is 31.2 Å². The standard InChI is InChI=1S/C15H20N2S/c1-13-8-9-15(18-13)12-16-10-11-17(2)14-6-4-3-5-7-14/h3-9,16H,10-12H2,1-2H3. The molecule has 96 valence electrons. The van der Waals surface area contributed by atoms with Crippen LogP contribution in [0.4, 0.5) is 5.69 Å². The summed E-state index contributed by atoms with van der Waals surface area (Å²) in [6, 6.07) is 14.9. The zero-order chi connectivity index (χ0) is 12.8. The Hall–Kier alpha value is -1.32. The highest BCUT2D eigenvalue weighted by Gasteiger charge is 1.99. The minimum Gasteiger partial charge on any atom is -0.373 e. The molecule has 0 radical (unpaired) electrons. The molecule has 2 aromatic rings. The van der Waals surface area contributed by atoms with Crippen LogP contribution in [-0.2, 0) is 6.54 Å². The zero-order valence-electron chi connectivity index (χ0n) is 11.0. The van der Waals surface area contributed by atoms with Crippen LogP contribution in [0.3, 0.4) is 0 Å². The number of hydrogen-bond acceptors (Lipinski definition) is 3. The van der Waals surface area contributed by atoms with Crippen LogP contribution in [0, 0.1) is 6.92 Å². The number of rotatable bonds is 6. The van der Waals surface area contributed by atoms with Crippen molar-refractivity contribution in [2.75, 3.05) is 25.0 Å². The number of benzene rings is 1. The van der Waals surface area contributed by atoms with Crippen molar-refractivity contribution in [3.05, 3.63) is 52.2 Å². The van der Waals surface area contributed by atoms with Crippen molar-refractivity contribution < 1.29 is 0 Å². The molecule has 0 spiro atoms. The highest BCUT2D eigenvalue weighted by atomic mass is 32.1. The Labute approximate surface area is 113 Å². The van der Waals surface area contributed by atoms with Gasteiger partial charge in [-0.3, -0.25) is 0 Å². The monoisotopic (exact) mass is 260 g/mol. The second kappa shape index (κ2) is 6.57. The first-order valence-corrected chi connectivity index (χ1v) is 7.09. The maximum Gasteiger partial charge on any atom is 0.0364 e. The van der Waals surface area contributed by atoms with Crippen LogP contribution in [0.5, 0.6) is 0 Å². The quantitative estimate of drug-likeness (QED) is 0.802.